The van der Waals surface area contributed by atoms with Gasteiger partial charge in [-0.2, -0.15) is 5.10 Å². The number of aromatic nitrogens is 4. The molecule has 0 saturated carbocycles. The van der Waals surface area contributed by atoms with Crippen LogP contribution in [-0.2, 0) is 0 Å². The molecule has 0 spiro atoms. The van der Waals surface area contributed by atoms with E-state index < -0.39 is 0 Å². The van der Waals surface area contributed by atoms with E-state index in [9.17, 15) is 4.79 Å². The third-order valence-electron chi connectivity index (χ3n) is 3.31. The normalized spacial score (nSPS) is 10.8. The summed E-state index contributed by atoms with van der Waals surface area (Å²) < 4.78 is 0. The number of rotatable bonds is 2. The Labute approximate surface area is 121 Å². The van der Waals surface area contributed by atoms with Crippen molar-refractivity contribution in [1.29, 1.82) is 0 Å². The Hall–Kier alpha value is -2.76. The Morgan fingerprint density at radius 2 is 1.86 bits per heavy atom. The van der Waals surface area contributed by atoms with Gasteiger partial charge < -0.3 is 4.90 Å². The van der Waals surface area contributed by atoms with Crippen LogP contribution < -0.4 is 0 Å². The molecule has 6 nitrogen and oxygen atoms in total. The molecule has 0 atom stereocenters. The number of nitrogens with one attached hydrogen (secondary N) is 1. The van der Waals surface area contributed by atoms with Crippen LogP contribution in [0.1, 0.15) is 16.2 Å². The van der Waals surface area contributed by atoms with Crippen molar-refractivity contribution in [3.05, 3.63) is 42.1 Å². The minimum absolute atomic E-state index is 0.0675. The van der Waals surface area contributed by atoms with Crippen molar-refractivity contribution in [3.8, 4) is 11.1 Å². The van der Waals surface area contributed by atoms with E-state index in [0.717, 1.165) is 22.0 Å². The number of hydrogen-bond donors (Lipinski definition) is 1. The Kier molecular flexibility index (Phi) is 3.13. The Morgan fingerprint density at radius 3 is 2.52 bits per heavy atom. The van der Waals surface area contributed by atoms with Crippen LogP contribution in [0.3, 0.4) is 0 Å². The van der Waals surface area contributed by atoms with E-state index in [1.54, 1.807) is 37.6 Å². The molecule has 2 aromatic heterocycles. The number of carbonyl (C=O) groups is 1. The van der Waals surface area contributed by atoms with E-state index in [-0.39, 0.29) is 5.91 Å². The first kappa shape index (κ1) is 13.2. The van der Waals surface area contributed by atoms with E-state index in [4.69, 9.17) is 0 Å². The first-order valence-electron chi connectivity index (χ1n) is 6.54. The van der Waals surface area contributed by atoms with Crippen LogP contribution in [0, 0.1) is 6.92 Å². The predicted molar refractivity (Wildman–Crippen MR) is 79.9 cm³/mol. The lowest BCUT2D eigenvalue weighted by molar-refractivity contribution is 0.0828. The summed E-state index contributed by atoms with van der Waals surface area (Å²) in [5.41, 5.74) is 3.05. The number of carbonyl (C=O) groups excluding carboxylic acids is 1. The fourth-order valence-electron chi connectivity index (χ4n) is 2.18. The highest BCUT2D eigenvalue weighted by Gasteiger charge is 2.17. The van der Waals surface area contributed by atoms with Crippen LogP contribution in [0.15, 0.2) is 30.7 Å². The molecule has 1 amide bonds. The van der Waals surface area contributed by atoms with Gasteiger partial charge in [0.25, 0.3) is 5.91 Å². The molecule has 0 saturated heterocycles. The molecule has 1 aromatic carbocycles. The molecule has 0 radical (unpaired) electrons. The quantitative estimate of drug-likeness (QED) is 0.780. The molecule has 0 aliphatic rings. The van der Waals surface area contributed by atoms with Gasteiger partial charge in [0.2, 0.25) is 0 Å². The van der Waals surface area contributed by atoms with Gasteiger partial charge in [-0.3, -0.25) is 9.89 Å². The molecule has 6 heteroatoms. The van der Waals surface area contributed by atoms with Crippen molar-refractivity contribution >= 4 is 16.8 Å². The molecule has 3 rings (SSSR count). The van der Waals surface area contributed by atoms with Gasteiger partial charge in [-0.05, 0) is 24.6 Å². The lowest BCUT2D eigenvalue weighted by atomic mass is 9.99. The minimum atomic E-state index is -0.0675. The smallest absolute Gasteiger partial charge is 0.254 e. The van der Waals surface area contributed by atoms with Gasteiger partial charge in [-0.1, -0.05) is 0 Å². The fraction of sp³-hybridized carbons (Fsp3) is 0.200. The second-order valence-electron chi connectivity index (χ2n) is 5.07. The SMILES string of the molecule is Cc1ncc(-c2cc3cn[nH]c3cc2C(=O)N(C)C)cn1. The van der Waals surface area contributed by atoms with Gasteiger partial charge >= 0.3 is 0 Å². The fourth-order valence-corrected chi connectivity index (χ4v) is 2.18. The molecule has 3 aromatic rings. The van der Waals surface area contributed by atoms with Crippen LogP contribution in [0.2, 0.25) is 0 Å². The van der Waals surface area contributed by atoms with Gasteiger partial charge in [0.1, 0.15) is 5.82 Å². The third kappa shape index (κ3) is 2.35. The van der Waals surface area contributed by atoms with E-state index in [1.165, 1.54) is 0 Å². The van der Waals surface area contributed by atoms with Gasteiger partial charge in [-0.25, -0.2) is 9.97 Å². The number of fused-ring (bicyclic) bond motifs is 1. The number of amides is 1. The van der Waals surface area contributed by atoms with E-state index in [2.05, 4.69) is 20.2 Å². The van der Waals surface area contributed by atoms with Crippen LogP contribution in [0.4, 0.5) is 0 Å². The summed E-state index contributed by atoms with van der Waals surface area (Å²) in [6.07, 6.45) is 5.20. The average molecular weight is 281 g/mol. The average Bonchev–Trinajstić information content (AvgIpc) is 2.93. The highest BCUT2D eigenvalue weighted by Crippen LogP contribution is 2.28. The maximum absolute atomic E-state index is 12.4. The van der Waals surface area contributed by atoms with Crippen molar-refractivity contribution < 1.29 is 4.79 Å². The van der Waals surface area contributed by atoms with Crippen LogP contribution in [0.5, 0.6) is 0 Å². The summed E-state index contributed by atoms with van der Waals surface area (Å²) in [6.45, 7) is 1.83. The van der Waals surface area contributed by atoms with Gasteiger partial charge in [0, 0.05) is 43.0 Å². The number of nitrogens with zero attached hydrogens (tertiary/aromatic N) is 4. The summed E-state index contributed by atoms with van der Waals surface area (Å²) in [6, 6.07) is 3.75. The van der Waals surface area contributed by atoms with Crippen molar-refractivity contribution in [2.24, 2.45) is 0 Å². The lowest BCUT2D eigenvalue weighted by Gasteiger charge is -2.14. The summed E-state index contributed by atoms with van der Waals surface area (Å²) in [5.74, 6) is 0.630. The Balaban J connectivity index is 2.25. The van der Waals surface area contributed by atoms with Crippen molar-refractivity contribution in [2.75, 3.05) is 14.1 Å². The molecule has 21 heavy (non-hydrogen) atoms. The van der Waals surface area contributed by atoms with Gasteiger partial charge in [0.05, 0.1) is 11.7 Å². The lowest BCUT2D eigenvalue weighted by Crippen LogP contribution is -2.22. The topological polar surface area (TPSA) is 74.8 Å². The van der Waals surface area contributed by atoms with Crippen LogP contribution >= 0.6 is 0 Å². The zero-order valence-corrected chi connectivity index (χ0v) is 12.1. The van der Waals surface area contributed by atoms with E-state index in [0.29, 0.717) is 11.4 Å². The Morgan fingerprint density at radius 1 is 1.14 bits per heavy atom. The molecule has 0 aliphatic heterocycles. The molecule has 0 fully saturated rings. The first-order valence-corrected chi connectivity index (χ1v) is 6.54. The van der Waals surface area contributed by atoms with E-state index in [1.807, 2.05) is 19.1 Å². The maximum Gasteiger partial charge on any atom is 0.254 e. The zero-order chi connectivity index (χ0) is 15.0. The molecular formula is C15H15N5O. The minimum Gasteiger partial charge on any atom is -0.345 e. The maximum atomic E-state index is 12.4. The van der Waals surface area contributed by atoms with Gasteiger partial charge in [0.15, 0.2) is 0 Å². The molecule has 2 heterocycles. The van der Waals surface area contributed by atoms with Crippen molar-refractivity contribution in [3.63, 3.8) is 0 Å². The number of benzene rings is 1. The first-order chi connectivity index (χ1) is 10.1. The molecule has 106 valence electrons. The highest BCUT2D eigenvalue weighted by atomic mass is 16.2. The number of hydrogen-bond acceptors (Lipinski definition) is 4. The van der Waals surface area contributed by atoms with Crippen LogP contribution in [-0.4, -0.2) is 45.1 Å². The largest absolute Gasteiger partial charge is 0.345 e. The second kappa shape index (κ2) is 4.97. The highest BCUT2D eigenvalue weighted by molar-refractivity contribution is 6.04. The molecule has 0 aliphatic carbocycles. The summed E-state index contributed by atoms with van der Waals surface area (Å²) in [7, 11) is 3.46. The summed E-state index contributed by atoms with van der Waals surface area (Å²) in [5, 5.41) is 7.85. The molecule has 0 bridgehead atoms. The summed E-state index contributed by atoms with van der Waals surface area (Å²) >= 11 is 0. The van der Waals surface area contributed by atoms with Crippen molar-refractivity contribution in [2.45, 2.75) is 6.92 Å². The molecule has 1 N–H and O–H groups in total. The van der Waals surface area contributed by atoms with Crippen molar-refractivity contribution in [1.82, 2.24) is 25.1 Å². The number of H-pyrrole nitrogens is 1. The monoisotopic (exact) mass is 281 g/mol. The second-order valence-corrected chi connectivity index (χ2v) is 5.07. The number of aromatic amines is 1. The number of aryl methyl sites for hydroxylation is 1. The van der Waals surface area contributed by atoms with Gasteiger partial charge in [-0.15, -0.1) is 0 Å². The van der Waals surface area contributed by atoms with Crippen LogP contribution in [0.25, 0.3) is 22.0 Å². The Bertz CT molecular complexity index is 805. The predicted octanol–water partition coefficient (Wildman–Crippen LogP) is 2.03. The zero-order valence-electron chi connectivity index (χ0n) is 12.1. The van der Waals surface area contributed by atoms with E-state index >= 15 is 0 Å². The third-order valence-corrected chi connectivity index (χ3v) is 3.31. The molecular weight excluding hydrogens is 266 g/mol. The molecule has 0 unspecified atom stereocenters. The standard InChI is InChI=1S/C15H15N5O/c1-9-16-6-11(7-17-9)12-4-10-8-18-19-14(10)5-13(12)15(21)20(2)3/h4-8H,1-3H3,(H,18,19). The summed E-state index contributed by atoms with van der Waals surface area (Å²) in [4.78, 5) is 22.4.